The van der Waals surface area contributed by atoms with Gasteiger partial charge in [-0.15, -0.1) is 0 Å². The largest absolute Gasteiger partial charge is 0.491 e. The Bertz CT molecular complexity index is 485. The van der Waals surface area contributed by atoms with Crippen molar-refractivity contribution in [3.05, 3.63) is 60.2 Å². The predicted octanol–water partition coefficient (Wildman–Crippen LogP) is 3.32. The summed E-state index contributed by atoms with van der Waals surface area (Å²) in [6.07, 6.45) is 0. The van der Waals surface area contributed by atoms with E-state index in [4.69, 9.17) is 9.47 Å². The number of nitrogens with one attached hydrogen (secondary N) is 1. The molecule has 100 valence electrons. The second-order valence-electron chi connectivity index (χ2n) is 4.21. The summed E-state index contributed by atoms with van der Waals surface area (Å²) in [6, 6.07) is 18.3. The molecule has 0 fully saturated rings. The molecular weight excluding hydrogens is 238 g/mol. The van der Waals surface area contributed by atoms with Crippen LogP contribution in [-0.2, 0) is 11.3 Å². The van der Waals surface area contributed by atoms with Crippen LogP contribution in [0.3, 0.4) is 0 Å². The van der Waals surface area contributed by atoms with Crippen LogP contribution >= 0.6 is 0 Å². The van der Waals surface area contributed by atoms with Gasteiger partial charge in [-0.2, -0.15) is 0 Å². The molecule has 19 heavy (non-hydrogen) atoms. The molecule has 0 bridgehead atoms. The molecule has 0 heterocycles. The zero-order valence-electron chi connectivity index (χ0n) is 11.1. The Balaban J connectivity index is 1.88. The Labute approximate surface area is 114 Å². The molecule has 0 saturated heterocycles. The van der Waals surface area contributed by atoms with Gasteiger partial charge in [0.2, 0.25) is 0 Å². The normalized spacial score (nSPS) is 10.2. The summed E-state index contributed by atoms with van der Waals surface area (Å²) in [7, 11) is 1.67. The number of ether oxygens (including phenoxy) is 2. The number of benzene rings is 2. The fourth-order valence-corrected chi connectivity index (χ4v) is 1.74. The first-order chi connectivity index (χ1) is 9.38. The van der Waals surface area contributed by atoms with Gasteiger partial charge in [0, 0.05) is 25.4 Å². The van der Waals surface area contributed by atoms with Crippen LogP contribution in [0.4, 0.5) is 5.69 Å². The highest BCUT2D eigenvalue weighted by Crippen LogP contribution is 2.18. The molecule has 0 amide bonds. The van der Waals surface area contributed by atoms with Crippen LogP contribution in [0, 0.1) is 0 Å². The third-order valence-corrected chi connectivity index (χ3v) is 2.73. The van der Waals surface area contributed by atoms with Crippen LogP contribution in [0.5, 0.6) is 5.75 Å². The van der Waals surface area contributed by atoms with Crippen molar-refractivity contribution in [3.8, 4) is 5.75 Å². The minimum atomic E-state index is 0.568. The molecule has 3 nitrogen and oxygen atoms in total. The monoisotopic (exact) mass is 257 g/mol. The van der Waals surface area contributed by atoms with E-state index in [1.807, 2.05) is 42.5 Å². The van der Waals surface area contributed by atoms with E-state index in [1.165, 1.54) is 5.56 Å². The number of hydrogen-bond acceptors (Lipinski definition) is 3. The van der Waals surface area contributed by atoms with E-state index in [1.54, 1.807) is 7.11 Å². The summed E-state index contributed by atoms with van der Waals surface area (Å²) in [5.41, 5.74) is 2.31. The quantitative estimate of drug-likeness (QED) is 0.772. The van der Waals surface area contributed by atoms with Crippen LogP contribution in [0.15, 0.2) is 54.6 Å². The highest BCUT2D eigenvalue weighted by atomic mass is 16.5. The van der Waals surface area contributed by atoms with E-state index >= 15 is 0 Å². The van der Waals surface area contributed by atoms with E-state index in [0.717, 1.165) is 18.0 Å². The third-order valence-electron chi connectivity index (χ3n) is 2.73. The first-order valence-electron chi connectivity index (χ1n) is 6.38. The summed E-state index contributed by atoms with van der Waals surface area (Å²) in [6.45, 7) is 1.97. The summed E-state index contributed by atoms with van der Waals surface area (Å²) in [5.74, 6) is 0.857. The SMILES string of the molecule is COCCOc1cccc(NCc2ccccc2)c1. The van der Waals surface area contributed by atoms with Crippen molar-refractivity contribution in [2.24, 2.45) is 0 Å². The molecule has 2 aromatic carbocycles. The van der Waals surface area contributed by atoms with E-state index in [2.05, 4.69) is 17.4 Å². The minimum absolute atomic E-state index is 0.568. The Kier molecular flexibility index (Phi) is 5.26. The van der Waals surface area contributed by atoms with Crippen LogP contribution in [0.2, 0.25) is 0 Å². The van der Waals surface area contributed by atoms with E-state index in [0.29, 0.717) is 13.2 Å². The fraction of sp³-hybridized carbons (Fsp3) is 0.250. The molecule has 0 aromatic heterocycles. The Hall–Kier alpha value is -2.00. The molecule has 1 N–H and O–H groups in total. The van der Waals surface area contributed by atoms with Crippen molar-refractivity contribution < 1.29 is 9.47 Å². The lowest BCUT2D eigenvalue weighted by atomic mass is 10.2. The van der Waals surface area contributed by atoms with Gasteiger partial charge in [-0.25, -0.2) is 0 Å². The van der Waals surface area contributed by atoms with Gasteiger partial charge in [-0.3, -0.25) is 0 Å². The maximum absolute atomic E-state index is 5.57. The second kappa shape index (κ2) is 7.44. The van der Waals surface area contributed by atoms with Crippen molar-refractivity contribution in [3.63, 3.8) is 0 Å². The van der Waals surface area contributed by atoms with Gasteiger partial charge in [-0.05, 0) is 17.7 Å². The molecule has 0 saturated carbocycles. The molecule has 0 atom stereocenters. The van der Waals surface area contributed by atoms with Crippen molar-refractivity contribution in [2.75, 3.05) is 25.6 Å². The van der Waals surface area contributed by atoms with Crippen molar-refractivity contribution >= 4 is 5.69 Å². The van der Waals surface area contributed by atoms with Gasteiger partial charge in [0.25, 0.3) is 0 Å². The lowest BCUT2D eigenvalue weighted by molar-refractivity contribution is 0.146. The van der Waals surface area contributed by atoms with Crippen LogP contribution in [0.1, 0.15) is 5.56 Å². The number of rotatable bonds is 7. The lowest BCUT2D eigenvalue weighted by Gasteiger charge is -2.09. The highest BCUT2D eigenvalue weighted by Gasteiger charge is 1.97. The minimum Gasteiger partial charge on any atom is -0.491 e. The number of methoxy groups -OCH3 is 1. The maximum atomic E-state index is 5.57. The zero-order valence-corrected chi connectivity index (χ0v) is 11.1. The average molecular weight is 257 g/mol. The molecule has 3 heteroatoms. The lowest BCUT2D eigenvalue weighted by Crippen LogP contribution is -2.04. The Morgan fingerprint density at radius 2 is 1.79 bits per heavy atom. The molecule has 2 rings (SSSR count). The molecule has 0 radical (unpaired) electrons. The molecule has 0 aliphatic carbocycles. The molecule has 2 aromatic rings. The van der Waals surface area contributed by atoms with Crippen molar-refractivity contribution in [1.29, 1.82) is 0 Å². The van der Waals surface area contributed by atoms with Gasteiger partial charge in [0.1, 0.15) is 12.4 Å². The zero-order chi connectivity index (χ0) is 13.3. The summed E-state index contributed by atoms with van der Waals surface area (Å²) in [4.78, 5) is 0. The van der Waals surface area contributed by atoms with E-state index in [9.17, 15) is 0 Å². The summed E-state index contributed by atoms with van der Waals surface area (Å²) < 4.78 is 10.5. The molecule has 0 aliphatic rings. The fourth-order valence-electron chi connectivity index (χ4n) is 1.74. The first-order valence-corrected chi connectivity index (χ1v) is 6.38. The number of anilines is 1. The average Bonchev–Trinajstić information content (AvgIpc) is 2.47. The predicted molar refractivity (Wildman–Crippen MR) is 77.6 cm³/mol. The van der Waals surface area contributed by atoms with Crippen LogP contribution < -0.4 is 10.1 Å². The van der Waals surface area contributed by atoms with Crippen LogP contribution in [-0.4, -0.2) is 20.3 Å². The van der Waals surface area contributed by atoms with Crippen molar-refractivity contribution in [2.45, 2.75) is 6.54 Å². The molecule has 0 aliphatic heterocycles. The highest BCUT2D eigenvalue weighted by molar-refractivity contribution is 5.48. The Morgan fingerprint density at radius 3 is 2.58 bits per heavy atom. The smallest absolute Gasteiger partial charge is 0.121 e. The second-order valence-corrected chi connectivity index (χ2v) is 4.21. The van der Waals surface area contributed by atoms with Gasteiger partial charge in [0.15, 0.2) is 0 Å². The molecule has 0 spiro atoms. The molecular formula is C16H19NO2. The summed E-state index contributed by atoms with van der Waals surface area (Å²) >= 11 is 0. The Morgan fingerprint density at radius 1 is 0.947 bits per heavy atom. The number of hydrogen-bond donors (Lipinski definition) is 1. The summed E-state index contributed by atoms with van der Waals surface area (Å²) in [5, 5.41) is 3.38. The van der Waals surface area contributed by atoms with E-state index in [-0.39, 0.29) is 0 Å². The van der Waals surface area contributed by atoms with Crippen molar-refractivity contribution in [1.82, 2.24) is 0 Å². The van der Waals surface area contributed by atoms with Crippen LogP contribution in [0.25, 0.3) is 0 Å². The third kappa shape index (κ3) is 4.64. The van der Waals surface area contributed by atoms with Gasteiger partial charge in [0.05, 0.1) is 6.61 Å². The maximum Gasteiger partial charge on any atom is 0.121 e. The standard InChI is InChI=1S/C16H19NO2/c1-18-10-11-19-16-9-5-8-15(12-16)17-13-14-6-3-2-4-7-14/h2-9,12,17H,10-11,13H2,1H3. The topological polar surface area (TPSA) is 30.5 Å². The van der Waals surface area contributed by atoms with E-state index < -0.39 is 0 Å². The first kappa shape index (κ1) is 13.4. The molecule has 0 unspecified atom stereocenters. The van der Waals surface area contributed by atoms with Gasteiger partial charge < -0.3 is 14.8 Å². The van der Waals surface area contributed by atoms with Gasteiger partial charge >= 0.3 is 0 Å². The van der Waals surface area contributed by atoms with Gasteiger partial charge in [-0.1, -0.05) is 36.4 Å².